The molecule has 1 saturated heterocycles. The number of nitrogens with zero attached hydrogens (tertiary/aromatic N) is 2. The van der Waals surface area contributed by atoms with Gasteiger partial charge in [0, 0.05) is 38.8 Å². The molecule has 0 bridgehead atoms. The van der Waals surface area contributed by atoms with Crippen LogP contribution in [0.15, 0.2) is 18.2 Å². The van der Waals surface area contributed by atoms with Gasteiger partial charge in [0.15, 0.2) is 0 Å². The topological polar surface area (TPSA) is 68.0 Å². The van der Waals surface area contributed by atoms with Gasteiger partial charge in [0.1, 0.15) is 11.5 Å². The molecule has 25 heavy (non-hydrogen) atoms. The van der Waals surface area contributed by atoms with Crippen LogP contribution in [0.2, 0.25) is 0 Å². The first-order chi connectivity index (χ1) is 11.4. The van der Waals surface area contributed by atoms with Crippen molar-refractivity contribution in [3.05, 3.63) is 23.8 Å². The summed E-state index contributed by atoms with van der Waals surface area (Å²) in [6.07, 6.45) is 0. The number of nitrogens with two attached hydrogens (primary N) is 1. The van der Waals surface area contributed by atoms with Crippen LogP contribution in [-0.4, -0.2) is 62.1 Å². The molecule has 0 spiro atoms. The fraction of sp³-hybridized carbons (Fsp3) is 0.611. The Balaban J connectivity index is 0.00000312. The SMILES string of the molecule is COc1cc(CN2CCN(C(=O)[C@@H](N)C(C)C)CC2)cc(OC)c1.Cl. The zero-order valence-corrected chi connectivity index (χ0v) is 16.3. The Morgan fingerprint density at radius 1 is 1.08 bits per heavy atom. The van der Waals surface area contributed by atoms with E-state index >= 15 is 0 Å². The Morgan fingerprint density at radius 2 is 1.60 bits per heavy atom. The van der Waals surface area contributed by atoms with Crippen LogP contribution in [0.25, 0.3) is 0 Å². The molecule has 1 fully saturated rings. The molecule has 1 aromatic rings. The summed E-state index contributed by atoms with van der Waals surface area (Å²) in [6.45, 7) is 7.91. The summed E-state index contributed by atoms with van der Waals surface area (Å²) in [6, 6.07) is 5.51. The lowest BCUT2D eigenvalue weighted by Gasteiger charge is -2.36. The first-order valence-corrected chi connectivity index (χ1v) is 8.43. The molecule has 1 amide bonds. The van der Waals surface area contributed by atoms with Crippen LogP contribution in [0, 0.1) is 5.92 Å². The minimum atomic E-state index is -0.404. The summed E-state index contributed by atoms with van der Waals surface area (Å²) in [5, 5.41) is 0. The van der Waals surface area contributed by atoms with Gasteiger partial charge in [-0.3, -0.25) is 9.69 Å². The molecular formula is C18H30ClN3O3. The Bertz CT molecular complexity index is 538. The normalized spacial score (nSPS) is 16.3. The molecular weight excluding hydrogens is 342 g/mol. The molecule has 1 aliphatic rings. The molecule has 1 atom stereocenters. The van der Waals surface area contributed by atoms with Gasteiger partial charge in [-0.25, -0.2) is 0 Å². The van der Waals surface area contributed by atoms with Crippen molar-refractivity contribution in [2.75, 3.05) is 40.4 Å². The Hall–Kier alpha value is -1.50. The third-order valence-corrected chi connectivity index (χ3v) is 4.50. The number of methoxy groups -OCH3 is 2. The minimum absolute atomic E-state index is 0. The standard InChI is InChI=1S/C18H29N3O3.ClH/c1-13(2)17(19)18(22)21-7-5-20(6-8-21)12-14-9-15(23-3)11-16(10-14)24-4;/h9-11,13,17H,5-8,12,19H2,1-4H3;1H/t17-;/m0./s1. The maximum absolute atomic E-state index is 12.3. The van der Waals surface area contributed by atoms with E-state index in [1.165, 1.54) is 0 Å². The number of amides is 1. The van der Waals surface area contributed by atoms with Gasteiger partial charge in [0.05, 0.1) is 20.3 Å². The van der Waals surface area contributed by atoms with Crippen molar-refractivity contribution in [2.24, 2.45) is 11.7 Å². The number of hydrogen-bond acceptors (Lipinski definition) is 5. The highest BCUT2D eigenvalue weighted by Crippen LogP contribution is 2.23. The monoisotopic (exact) mass is 371 g/mol. The van der Waals surface area contributed by atoms with Crippen molar-refractivity contribution < 1.29 is 14.3 Å². The van der Waals surface area contributed by atoms with Crippen LogP contribution in [0.1, 0.15) is 19.4 Å². The van der Waals surface area contributed by atoms with Crippen molar-refractivity contribution in [3.8, 4) is 11.5 Å². The number of rotatable bonds is 6. The first kappa shape index (κ1) is 21.5. The molecule has 142 valence electrons. The fourth-order valence-corrected chi connectivity index (χ4v) is 2.84. The highest BCUT2D eigenvalue weighted by molar-refractivity contribution is 5.85. The van der Waals surface area contributed by atoms with Gasteiger partial charge in [0.2, 0.25) is 5.91 Å². The third-order valence-electron chi connectivity index (χ3n) is 4.50. The number of ether oxygens (including phenoxy) is 2. The predicted molar refractivity (Wildman–Crippen MR) is 101 cm³/mol. The second kappa shape index (κ2) is 9.85. The smallest absolute Gasteiger partial charge is 0.239 e. The summed E-state index contributed by atoms with van der Waals surface area (Å²) in [5.41, 5.74) is 7.12. The van der Waals surface area contributed by atoms with Gasteiger partial charge >= 0.3 is 0 Å². The van der Waals surface area contributed by atoms with Crippen LogP contribution in [0.5, 0.6) is 11.5 Å². The quantitative estimate of drug-likeness (QED) is 0.825. The maximum atomic E-state index is 12.3. The Morgan fingerprint density at radius 3 is 2.04 bits per heavy atom. The van der Waals surface area contributed by atoms with E-state index in [2.05, 4.69) is 4.90 Å². The maximum Gasteiger partial charge on any atom is 0.239 e. The molecule has 6 nitrogen and oxygen atoms in total. The van der Waals surface area contributed by atoms with Gasteiger partial charge in [-0.15, -0.1) is 12.4 Å². The minimum Gasteiger partial charge on any atom is -0.497 e. The number of carbonyl (C=O) groups is 1. The van der Waals surface area contributed by atoms with Gasteiger partial charge in [-0.1, -0.05) is 13.8 Å². The lowest BCUT2D eigenvalue weighted by atomic mass is 10.0. The van der Waals surface area contributed by atoms with Crippen molar-refractivity contribution in [1.82, 2.24) is 9.80 Å². The molecule has 7 heteroatoms. The van der Waals surface area contributed by atoms with E-state index in [1.807, 2.05) is 36.9 Å². The highest BCUT2D eigenvalue weighted by atomic mass is 35.5. The fourth-order valence-electron chi connectivity index (χ4n) is 2.84. The second-order valence-electron chi connectivity index (χ2n) is 6.59. The molecule has 0 radical (unpaired) electrons. The van der Waals surface area contributed by atoms with Crippen molar-refractivity contribution in [2.45, 2.75) is 26.4 Å². The van der Waals surface area contributed by atoms with Gasteiger partial charge in [-0.05, 0) is 23.6 Å². The van der Waals surface area contributed by atoms with Gasteiger partial charge in [0.25, 0.3) is 0 Å². The van der Waals surface area contributed by atoms with Gasteiger partial charge < -0.3 is 20.1 Å². The highest BCUT2D eigenvalue weighted by Gasteiger charge is 2.26. The molecule has 0 unspecified atom stereocenters. The van der Waals surface area contributed by atoms with Crippen LogP contribution < -0.4 is 15.2 Å². The number of piperazine rings is 1. The van der Waals surface area contributed by atoms with Crippen LogP contribution in [0.4, 0.5) is 0 Å². The lowest BCUT2D eigenvalue weighted by Crippen LogP contribution is -2.54. The van der Waals surface area contributed by atoms with Crippen molar-refractivity contribution in [1.29, 1.82) is 0 Å². The average molecular weight is 372 g/mol. The average Bonchev–Trinajstić information content (AvgIpc) is 2.60. The summed E-state index contributed by atoms with van der Waals surface area (Å²) in [4.78, 5) is 16.5. The summed E-state index contributed by atoms with van der Waals surface area (Å²) in [7, 11) is 3.31. The van der Waals surface area contributed by atoms with E-state index in [9.17, 15) is 4.79 Å². The number of hydrogen-bond donors (Lipinski definition) is 1. The zero-order valence-electron chi connectivity index (χ0n) is 15.5. The molecule has 2 rings (SSSR count). The van der Waals surface area contributed by atoms with Crippen LogP contribution in [0.3, 0.4) is 0 Å². The molecule has 1 aliphatic heterocycles. The first-order valence-electron chi connectivity index (χ1n) is 8.43. The van der Waals surface area contributed by atoms with E-state index in [-0.39, 0.29) is 24.2 Å². The van der Waals surface area contributed by atoms with E-state index in [1.54, 1.807) is 14.2 Å². The van der Waals surface area contributed by atoms with E-state index < -0.39 is 6.04 Å². The van der Waals surface area contributed by atoms with Crippen LogP contribution >= 0.6 is 12.4 Å². The number of carbonyl (C=O) groups excluding carboxylic acids is 1. The number of halogens is 1. The summed E-state index contributed by atoms with van der Waals surface area (Å²) < 4.78 is 10.6. The van der Waals surface area contributed by atoms with Crippen molar-refractivity contribution >= 4 is 18.3 Å². The molecule has 0 aliphatic carbocycles. The Labute approximate surface area is 156 Å². The van der Waals surface area contributed by atoms with E-state index in [4.69, 9.17) is 15.2 Å². The van der Waals surface area contributed by atoms with Crippen molar-refractivity contribution in [3.63, 3.8) is 0 Å². The predicted octanol–water partition coefficient (Wildman–Crippen LogP) is 1.75. The van der Waals surface area contributed by atoms with E-state index in [0.717, 1.165) is 49.8 Å². The molecule has 0 aromatic heterocycles. The molecule has 1 heterocycles. The third kappa shape index (κ3) is 5.76. The van der Waals surface area contributed by atoms with Gasteiger partial charge in [-0.2, -0.15) is 0 Å². The largest absolute Gasteiger partial charge is 0.497 e. The lowest BCUT2D eigenvalue weighted by molar-refractivity contribution is -0.135. The molecule has 0 saturated carbocycles. The summed E-state index contributed by atoms with van der Waals surface area (Å²) >= 11 is 0. The van der Waals surface area contributed by atoms with Crippen LogP contribution in [-0.2, 0) is 11.3 Å². The van der Waals surface area contributed by atoms with E-state index in [0.29, 0.717) is 0 Å². The Kier molecular flexibility index (Phi) is 8.48. The zero-order chi connectivity index (χ0) is 17.7. The number of benzene rings is 1. The summed E-state index contributed by atoms with van der Waals surface area (Å²) in [5.74, 6) is 1.81. The second-order valence-corrected chi connectivity index (χ2v) is 6.59. The molecule has 1 aromatic carbocycles. The molecule has 2 N–H and O–H groups in total.